The third kappa shape index (κ3) is 4.42. The highest BCUT2D eigenvalue weighted by Gasteiger charge is 2.52. The molecule has 2 heterocycles. The smallest absolute Gasteiger partial charge is 0.303 e. The van der Waals surface area contributed by atoms with Gasteiger partial charge in [-0.15, -0.1) is 0 Å². The minimum Gasteiger partial charge on any atom is -0.463 e. The molecule has 1 N–H and O–H groups in total. The van der Waals surface area contributed by atoms with Gasteiger partial charge in [-0.1, -0.05) is 0 Å². The molecule has 2 aliphatic heterocycles. The highest BCUT2D eigenvalue weighted by atomic mass is 16.7. The monoisotopic (exact) mass is 345 g/mol. The Bertz CT molecular complexity index is 534. The quantitative estimate of drug-likeness (QED) is 0.486. The van der Waals surface area contributed by atoms with Crippen LogP contribution < -0.4 is 5.32 Å². The van der Waals surface area contributed by atoms with Crippen LogP contribution in [0, 0.1) is 0 Å². The minimum atomic E-state index is -1.05. The van der Waals surface area contributed by atoms with Crippen molar-refractivity contribution >= 4 is 23.8 Å². The van der Waals surface area contributed by atoms with Crippen LogP contribution in [0.1, 0.15) is 20.8 Å². The first-order valence-electron chi connectivity index (χ1n) is 7.32. The first-order valence-corrected chi connectivity index (χ1v) is 7.32. The molecule has 1 amide bonds. The van der Waals surface area contributed by atoms with Crippen molar-refractivity contribution in [3.8, 4) is 0 Å². The molecular formula is C14H19NO9. The van der Waals surface area contributed by atoms with Crippen molar-refractivity contribution < 1.29 is 42.9 Å². The maximum absolute atomic E-state index is 11.5. The number of carbonyl (C=O) groups excluding carboxylic acids is 4. The normalized spacial score (nSPS) is 32.1. The fourth-order valence-electron chi connectivity index (χ4n) is 2.58. The zero-order chi connectivity index (χ0) is 17.9. The summed E-state index contributed by atoms with van der Waals surface area (Å²) in [4.78, 5) is 45.4. The average Bonchev–Trinajstić information content (AvgIpc) is 2.46. The lowest BCUT2D eigenvalue weighted by molar-refractivity contribution is -0.267. The molecule has 0 aromatic rings. The lowest BCUT2D eigenvalue weighted by atomic mass is 9.96. The number of esters is 3. The summed E-state index contributed by atoms with van der Waals surface area (Å²) in [5.74, 6) is -2.22. The van der Waals surface area contributed by atoms with E-state index in [1.807, 2.05) is 0 Å². The van der Waals surface area contributed by atoms with Crippen molar-refractivity contribution in [2.24, 2.45) is 0 Å². The number of amides is 1. The third-order valence-corrected chi connectivity index (χ3v) is 3.40. The van der Waals surface area contributed by atoms with E-state index in [2.05, 4.69) is 5.32 Å². The van der Waals surface area contributed by atoms with Gasteiger partial charge in [0.25, 0.3) is 0 Å². The first-order chi connectivity index (χ1) is 11.3. The van der Waals surface area contributed by atoms with Crippen LogP contribution in [0.25, 0.3) is 0 Å². The molecule has 0 saturated carbocycles. The molecule has 24 heavy (non-hydrogen) atoms. The van der Waals surface area contributed by atoms with Crippen LogP contribution >= 0.6 is 0 Å². The largest absolute Gasteiger partial charge is 0.463 e. The fraction of sp³-hybridized carbons (Fsp3) is 0.714. The third-order valence-electron chi connectivity index (χ3n) is 3.40. The van der Waals surface area contributed by atoms with Gasteiger partial charge in [-0.25, -0.2) is 0 Å². The molecule has 2 aliphatic rings. The second kappa shape index (κ2) is 7.58. The second-order valence-corrected chi connectivity index (χ2v) is 5.39. The first kappa shape index (κ1) is 18.1. The lowest BCUT2D eigenvalue weighted by Crippen LogP contribution is -2.68. The summed E-state index contributed by atoms with van der Waals surface area (Å²) >= 11 is 0. The van der Waals surface area contributed by atoms with Crippen molar-refractivity contribution in [1.82, 2.24) is 5.32 Å². The molecule has 0 spiro atoms. The number of hydrogen-bond acceptors (Lipinski definition) is 9. The van der Waals surface area contributed by atoms with Crippen molar-refractivity contribution in [2.75, 3.05) is 13.2 Å². The van der Waals surface area contributed by atoms with Gasteiger partial charge in [0.1, 0.15) is 25.4 Å². The van der Waals surface area contributed by atoms with Crippen LogP contribution in [0.4, 0.5) is 0 Å². The Hall–Kier alpha value is -2.20. The molecule has 2 rings (SSSR count). The van der Waals surface area contributed by atoms with Gasteiger partial charge in [0.05, 0.1) is 0 Å². The Morgan fingerprint density at radius 2 is 1.71 bits per heavy atom. The van der Waals surface area contributed by atoms with E-state index in [1.54, 1.807) is 0 Å². The minimum absolute atomic E-state index is 0.246. The molecule has 10 nitrogen and oxygen atoms in total. The predicted octanol–water partition coefficient (Wildman–Crippen LogP) is -1.35. The summed E-state index contributed by atoms with van der Waals surface area (Å²) in [7, 11) is 0. The highest BCUT2D eigenvalue weighted by molar-refractivity contribution is 5.78. The lowest BCUT2D eigenvalue weighted by Gasteiger charge is -2.46. The number of fused-ring (bicyclic) bond motifs is 1. The van der Waals surface area contributed by atoms with Gasteiger partial charge >= 0.3 is 17.9 Å². The van der Waals surface area contributed by atoms with E-state index < -0.39 is 54.5 Å². The van der Waals surface area contributed by atoms with Gasteiger partial charge in [-0.05, 0) is 0 Å². The summed E-state index contributed by atoms with van der Waals surface area (Å²) in [6.45, 7) is 3.09. The van der Waals surface area contributed by atoms with Crippen molar-refractivity contribution in [2.45, 2.75) is 51.4 Å². The number of nitrogens with one attached hydrogen (secondary N) is 1. The predicted molar refractivity (Wildman–Crippen MR) is 74.3 cm³/mol. The zero-order valence-electron chi connectivity index (χ0n) is 13.5. The molecule has 0 aliphatic carbocycles. The topological polar surface area (TPSA) is 126 Å². The van der Waals surface area contributed by atoms with Crippen LogP contribution in [0.15, 0.2) is 0 Å². The van der Waals surface area contributed by atoms with Crippen LogP contribution in [0.2, 0.25) is 0 Å². The molecule has 2 fully saturated rings. The second-order valence-electron chi connectivity index (χ2n) is 5.39. The summed E-state index contributed by atoms with van der Waals surface area (Å²) in [6, 6.07) is 0. The molecule has 10 heteroatoms. The Labute approximate surface area is 137 Å². The standard InChI is InChI=1S/C14H19NO9/c1-6(16)20-4-9-11(22-7(2)17)12(23-8(3)18)13-14(24-9)15-10(19)5-21-13/h9,11-14H,4-5H2,1-3H3,(H,15,19)/t9-,11-,12+,13-,14-/m1/s1. The van der Waals surface area contributed by atoms with Gasteiger partial charge in [0, 0.05) is 20.8 Å². The van der Waals surface area contributed by atoms with Crippen LogP contribution in [0.3, 0.4) is 0 Å². The molecule has 5 atom stereocenters. The molecule has 0 unspecified atom stereocenters. The number of rotatable bonds is 4. The molecule has 0 radical (unpaired) electrons. The molecule has 2 saturated heterocycles. The summed E-state index contributed by atoms with van der Waals surface area (Å²) in [5.41, 5.74) is 0. The maximum atomic E-state index is 11.5. The SMILES string of the molecule is CC(=O)OC[C@H]1O[C@H]2NC(=O)CO[C@@H]2[C@@H](OC(C)=O)[C@@H]1OC(C)=O. The average molecular weight is 345 g/mol. The number of carbonyl (C=O) groups is 4. The van der Waals surface area contributed by atoms with E-state index in [0.29, 0.717) is 0 Å². The number of morpholine rings is 1. The molecule has 134 valence electrons. The highest BCUT2D eigenvalue weighted by Crippen LogP contribution is 2.29. The van der Waals surface area contributed by atoms with Crippen molar-refractivity contribution in [3.63, 3.8) is 0 Å². The summed E-state index contributed by atoms with van der Waals surface area (Å²) < 4.78 is 26.4. The molecule has 0 aromatic carbocycles. The van der Waals surface area contributed by atoms with Crippen molar-refractivity contribution in [3.05, 3.63) is 0 Å². The fourth-order valence-corrected chi connectivity index (χ4v) is 2.58. The van der Waals surface area contributed by atoms with Crippen LogP contribution in [-0.2, 0) is 42.9 Å². The van der Waals surface area contributed by atoms with E-state index in [1.165, 1.54) is 20.8 Å². The van der Waals surface area contributed by atoms with Gasteiger partial charge in [0.15, 0.2) is 18.4 Å². The van der Waals surface area contributed by atoms with Gasteiger partial charge < -0.3 is 29.0 Å². The van der Waals surface area contributed by atoms with E-state index in [9.17, 15) is 19.2 Å². The van der Waals surface area contributed by atoms with Crippen LogP contribution in [-0.4, -0.2) is 67.7 Å². The maximum Gasteiger partial charge on any atom is 0.303 e. The molecule has 0 bridgehead atoms. The van der Waals surface area contributed by atoms with Gasteiger partial charge in [-0.3, -0.25) is 19.2 Å². The molecule has 0 aromatic heterocycles. The Balaban J connectivity index is 2.26. The number of ether oxygens (including phenoxy) is 5. The van der Waals surface area contributed by atoms with Gasteiger partial charge in [0.2, 0.25) is 5.91 Å². The zero-order valence-corrected chi connectivity index (χ0v) is 13.5. The Morgan fingerprint density at radius 1 is 1.08 bits per heavy atom. The number of hydrogen-bond donors (Lipinski definition) is 1. The summed E-state index contributed by atoms with van der Waals surface area (Å²) in [6.07, 6.45) is -4.80. The van der Waals surface area contributed by atoms with E-state index in [0.717, 1.165) is 0 Å². The Morgan fingerprint density at radius 3 is 2.29 bits per heavy atom. The van der Waals surface area contributed by atoms with E-state index in [-0.39, 0.29) is 13.2 Å². The van der Waals surface area contributed by atoms with Crippen molar-refractivity contribution in [1.29, 1.82) is 0 Å². The summed E-state index contributed by atoms with van der Waals surface area (Å²) in [5, 5.41) is 2.55. The van der Waals surface area contributed by atoms with E-state index >= 15 is 0 Å². The van der Waals surface area contributed by atoms with Gasteiger partial charge in [-0.2, -0.15) is 0 Å². The van der Waals surface area contributed by atoms with Crippen LogP contribution in [0.5, 0.6) is 0 Å². The van der Waals surface area contributed by atoms with E-state index in [4.69, 9.17) is 23.7 Å². The Kier molecular flexibility index (Phi) is 5.73. The molecular weight excluding hydrogens is 326 g/mol.